The van der Waals surface area contributed by atoms with Crippen LogP contribution in [0.15, 0.2) is 48.6 Å². The molecule has 13 heteroatoms. The van der Waals surface area contributed by atoms with Gasteiger partial charge in [-0.05, 0) is 32.1 Å². The zero-order valence-electron chi connectivity index (χ0n) is 35.6. The van der Waals surface area contributed by atoms with Crippen LogP contribution in [0.5, 0.6) is 0 Å². The van der Waals surface area contributed by atoms with E-state index in [1.165, 1.54) is 70.6 Å². The number of hydrogen-bond acceptors (Lipinski definition) is 11. The van der Waals surface area contributed by atoms with Crippen molar-refractivity contribution in [3.63, 3.8) is 0 Å². The summed E-state index contributed by atoms with van der Waals surface area (Å²) in [6.45, 7) is 3.60. The van der Waals surface area contributed by atoms with Gasteiger partial charge >= 0.3 is 11.9 Å². The SMILES string of the molecule is CC/C=C/C=C/C=C/C=C/CCCCCCCC(=O)OC[C@H](CO[C@H]1O[C@H](CS(=O)(=O)O)[C@@H](O)C(O)C1O)OC(=O)CCCCCCCCCCCCCCCCC. The van der Waals surface area contributed by atoms with E-state index in [1.54, 1.807) is 0 Å². The summed E-state index contributed by atoms with van der Waals surface area (Å²) in [6.07, 6.45) is 31.5. The molecular weight excluding hydrogens is 765 g/mol. The quantitative estimate of drug-likeness (QED) is 0.0204. The lowest BCUT2D eigenvalue weighted by atomic mass is 10.00. The number of aliphatic hydroxyl groups is 3. The molecule has 1 heterocycles. The van der Waals surface area contributed by atoms with Crippen LogP contribution in [0.4, 0.5) is 0 Å². The summed E-state index contributed by atoms with van der Waals surface area (Å²) in [5.74, 6) is -2.01. The third kappa shape index (κ3) is 29.8. The van der Waals surface area contributed by atoms with Crippen LogP contribution in [-0.4, -0.2) is 96.0 Å². The molecule has 0 radical (unpaired) electrons. The molecule has 0 aromatic carbocycles. The van der Waals surface area contributed by atoms with Gasteiger partial charge in [-0.15, -0.1) is 0 Å². The van der Waals surface area contributed by atoms with Gasteiger partial charge in [0, 0.05) is 12.8 Å². The molecule has 6 atom stereocenters. The Morgan fingerprint density at radius 2 is 1.09 bits per heavy atom. The average Bonchev–Trinajstić information content (AvgIpc) is 3.18. The maximum atomic E-state index is 12.8. The monoisotopic (exact) mass is 843 g/mol. The van der Waals surface area contributed by atoms with E-state index in [2.05, 4.69) is 26.0 Å². The summed E-state index contributed by atoms with van der Waals surface area (Å²) in [7, 11) is -4.60. The van der Waals surface area contributed by atoms with Crippen molar-refractivity contribution in [3.05, 3.63) is 48.6 Å². The molecule has 2 unspecified atom stereocenters. The molecule has 4 N–H and O–H groups in total. The van der Waals surface area contributed by atoms with Crippen molar-refractivity contribution in [1.29, 1.82) is 0 Å². The maximum absolute atomic E-state index is 12.8. The van der Waals surface area contributed by atoms with Crippen molar-refractivity contribution in [2.24, 2.45) is 0 Å². The van der Waals surface area contributed by atoms with Gasteiger partial charge in [-0.3, -0.25) is 14.1 Å². The molecule has 336 valence electrons. The Bertz CT molecular complexity index is 1260. The van der Waals surface area contributed by atoms with E-state index < -0.39 is 71.2 Å². The van der Waals surface area contributed by atoms with Gasteiger partial charge in [0.05, 0.1) is 6.61 Å². The standard InChI is InChI=1S/C45H78O12S/c1-3-5-7-9-11-13-15-17-19-21-23-25-27-29-31-33-40(46)54-35-38(36-55-45-44(50)43(49)42(48)39(57-45)37-58(51,52)53)56-41(47)34-32-30-28-26-24-22-20-18-16-14-12-10-8-6-4-2/h5,7,9,11,13,15,17,19,38-39,42-45,48-50H,3-4,6,8,10,12,14,16,18,20-37H2,1-2H3,(H,51,52,53)/b7-5+,11-9+,15-13+,19-17+/t38-,39-,42-,43?,44?,45+/m1/s1. The molecule has 0 aromatic heterocycles. The predicted molar refractivity (Wildman–Crippen MR) is 229 cm³/mol. The van der Waals surface area contributed by atoms with Gasteiger partial charge in [0.2, 0.25) is 0 Å². The van der Waals surface area contributed by atoms with Gasteiger partial charge in [0.25, 0.3) is 10.1 Å². The fourth-order valence-electron chi connectivity index (χ4n) is 6.57. The third-order valence-corrected chi connectivity index (χ3v) is 10.8. The summed E-state index contributed by atoms with van der Waals surface area (Å²) >= 11 is 0. The molecule has 0 aromatic rings. The van der Waals surface area contributed by atoms with E-state index in [9.17, 15) is 37.9 Å². The molecular formula is C45H78O12S. The topological polar surface area (TPSA) is 186 Å². The molecule has 1 fully saturated rings. The molecule has 0 aliphatic carbocycles. The highest BCUT2D eigenvalue weighted by atomic mass is 32.2. The Morgan fingerprint density at radius 3 is 1.62 bits per heavy atom. The molecule has 0 saturated carbocycles. The summed E-state index contributed by atoms with van der Waals surface area (Å²) in [5, 5.41) is 30.9. The Hall–Kier alpha value is -2.39. The van der Waals surface area contributed by atoms with Crippen molar-refractivity contribution in [1.82, 2.24) is 0 Å². The van der Waals surface area contributed by atoms with E-state index in [0.29, 0.717) is 12.8 Å². The summed E-state index contributed by atoms with van der Waals surface area (Å²) in [6, 6.07) is 0. The minimum absolute atomic E-state index is 0.160. The van der Waals surface area contributed by atoms with Crippen LogP contribution in [0.25, 0.3) is 0 Å². The average molecular weight is 843 g/mol. The van der Waals surface area contributed by atoms with Crippen molar-refractivity contribution in [2.75, 3.05) is 19.0 Å². The molecule has 12 nitrogen and oxygen atoms in total. The molecule has 1 aliphatic rings. The smallest absolute Gasteiger partial charge is 0.306 e. The Balaban J connectivity index is 2.47. The number of carbonyl (C=O) groups excluding carboxylic acids is 2. The lowest BCUT2D eigenvalue weighted by Gasteiger charge is -2.40. The van der Waals surface area contributed by atoms with Crippen LogP contribution < -0.4 is 0 Å². The number of carbonyl (C=O) groups is 2. The summed E-state index contributed by atoms with van der Waals surface area (Å²) < 4.78 is 54.0. The van der Waals surface area contributed by atoms with Crippen LogP contribution in [-0.2, 0) is 38.7 Å². The van der Waals surface area contributed by atoms with Crippen LogP contribution in [0.2, 0.25) is 0 Å². The largest absolute Gasteiger partial charge is 0.462 e. The first-order chi connectivity index (χ1) is 28.0. The first-order valence-electron chi connectivity index (χ1n) is 22.2. The first-order valence-corrected chi connectivity index (χ1v) is 23.9. The van der Waals surface area contributed by atoms with E-state index in [4.69, 9.17) is 18.9 Å². The number of unbranched alkanes of at least 4 members (excludes halogenated alkanes) is 19. The highest BCUT2D eigenvalue weighted by Gasteiger charge is 2.46. The zero-order chi connectivity index (χ0) is 42.7. The second-order valence-corrected chi connectivity index (χ2v) is 16.9. The predicted octanol–water partition coefficient (Wildman–Crippen LogP) is 8.78. The third-order valence-electron chi connectivity index (χ3n) is 10.0. The highest BCUT2D eigenvalue weighted by molar-refractivity contribution is 7.85. The molecule has 1 rings (SSSR count). The Morgan fingerprint density at radius 1 is 0.603 bits per heavy atom. The number of allylic oxidation sites excluding steroid dienone is 8. The van der Waals surface area contributed by atoms with E-state index >= 15 is 0 Å². The normalized spacial score (nSPS) is 20.8. The van der Waals surface area contributed by atoms with Gasteiger partial charge in [0.1, 0.15) is 36.8 Å². The van der Waals surface area contributed by atoms with Crippen molar-refractivity contribution in [2.45, 2.75) is 205 Å². The van der Waals surface area contributed by atoms with Gasteiger partial charge in [-0.2, -0.15) is 8.42 Å². The van der Waals surface area contributed by atoms with Gasteiger partial charge in [0.15, 0.2) is 12.4 Å². The van der Waals surface area contributed by atoms with Crippen molar-refractivity contribution >= 4 is 22.1 Å². The number of ether oxygens (including phenoxy) is 4. The minimum Gasteiger partial charge on any atom is -0.462 e. The number of aliphatic hydroxyl groups excluding tert-OH is 3. The second kappa shape index (κ2) is 35.4. The first kappa shape index (κ1) is 53.6. The fraction of sp³-hybridized carbons (Fsp3) is 0.778. The molecule has 1 saturated heterocycles. The second-order valence-electron chi connectivity index (χ2n) is 15.4. The molecule has 1 aliphatic heterocycles. The van der Waals surface area contributed by atoms with Crippen LogP contribution >= 0.6 is 0 Å². The lowest BCUT2D eigenvalue weighted by Crippen LogP contribution is -2.60. The number of hydrogen-bond donors (Lipinski definition) is 4. The van der Waals surface area contributed by atoms with Gasteiger partial charge < -0.3 is 34.3 Å². The maximum Gasteiger partial charge on any atom is 0.306 e. The summed E-state index contributed by atoms with van der Waals surface area (Å²) in [5.41, 5.74) is 0. The zero-order valence-corrected chi connectivity index (χ0v) is 36.5. The minimum atomic E-state index is -4.60. The number of rotatable bonds is 36. The van der Waals surface area contributed by atoms with E-state index in [-0.39, 0.29) is 19.4 Å². The van der Waals surface area contributed by atoms with Gasteiger partial charge in [-0.25, -0.2) is 0 Å². The van der Waals surface area contributed by atoms with Crippen LogP contribution in [0.1, 0.15) is 168 Å². The molecule has 0 spiro atoms. The molecule has 0 amide bonds. The Kier molecular flexibility index (Phi) is 32.7. The molecule has 58 heavy (non-hydrogen) atoms. The Labute approximate surface area is 350 Å². The number of esters is 2. The van der Waals surface area contributed by atoms with Gasteiger partial charge in [-0.1, -0.05) is 172 Å². The summed E-state index contributed by atoms with van der Waals surface area (Å²) in [4.78, 5) is 25.4. The van der Waals surface area contributed by atoms with Crippen LogP contribution in [0, 0.1) is 0 Å². The lowest BCUT2D eigenvalue weighted by molar-refractivity contribution is -0.297. The van der Waals surface area contributed by atoms with E-state index in [0.717, 1.165) is 57.8 Å². The van der Waals surface area contributed by atoms with Crippen molar-refractivity contribution in [3.8, 4) is 0 Å². The fourth-order valence-corrected chi connectivity index (χ4v) is 7.26. The molecule has 0 bridgehead atoms. The van der Waals surface area contributed by atoms with E-state index in [1.807, 2.05) is 36.5 Å². The van der Waals surface area contributed by atoms with Crippen LogP contribution in [0.3, 0.4) is 0 Å². The van der Waals surface area contributed by atoms with Crippen molar-refractivity contribution < 1.29 is 56.8 Å². The highest BCUT2D eigenvalue weighted by Crippen LogP contribution is 2.24.